The second-order valence-electron chi connectivity index (χ2n) is 5.87. The molecule has 2 unspecified atom stereocenters. The lowest BCUT2D eigenvalue weighted by molar-refractivity contribution is -0.137. The summed E-state index contributed by atoms with van der Waals surface area (Å²) in [5.74, 6) is -0.483. The van der Waals surface area contributed by atoms with Gasteiger partial charge in [-0.3, -0.25) is 4.79 Å². The van der Waals surface area contributed by atoms with Gasteiger partial charge in [0, 0.05) is 11.1 Å². The maximum Gasteiger partial charge on any atom is 0.416 e. The van der Waals surface area contributed by atoms with Gasteiger partial charge in [0.05, 0.1) is 16.3 Å². The van der Waals surface area contributed by atoms with E-state index in [1.54, 1.807) is 18.2 Å². The molecule has 9 heteroatoms. The van der Waals surface area contributed by atoms with Gasteiger partial charge in [0.1, 0.15) is 6.04 Å². The lowest BCUT2D eigenvalue weighted by atomic mass is 10.0. The number of carbonyl (C=O) groups is 1. The Labute approximate surface area is 157 Å². The highest BCUT2D eigenvalue weighted by Crippen LogP contribution is 2.34. The highest BCUT2D eigenvalue weighted by atomic mass is 35.5. The van der Waals surface area contributed by atoms with Crippen molar-refractivity contribution in [2.45, 2.75) is 24.7 Å². The zero-order chi connectivity index (χ0) is 18.9. The Kier molecular flexibility index (Phi) is 5.43. The number of amides is 1. The van der Waals surface area contributed by atoms with Crippen LogP contribution >= 0.6 is 23.2 Å². The number of rotatable bonds is 3. The van der Waals surface area contributed by atoms with Crippen LogP contribution in [-0.2, 0) is 11.0 Å². The van der Waals surface area contributed by atoms with Gasteiger partial charge in [0.15, 0.2) is 0 Å². The van der Waals surface area contributed by atoms with Crippen molar-refractivity contribution in [1.82, 2.24) is 10.9 Å². The summed E-state index contributed by atoms with van der Waals surface area (Å²) >= 11 is 11.9. The zero-order valence-corrected chi connectivity index (χ0v) is 14.7. The molecule has 1 aliphatic rings. The summed E-state index contributed by atoms with van der Waals surface area (Å²) in [4.78, 5) is 12.4. The number of halogens is 5. The van der Waals surface area contributed by atoms with Crippen LogP contribution in [0.3, 0.4) is 0 Å². The summed E-state index contributed by atoms with van der Waals surface area (Å²) < 4.78 is 38.5. The van der Waals surface area contributed by atoms with E-state index in [0.29, 0.717) is 11.4 Å². The number of nitrogens with one attached hydrogen (secondary N) is 3. The van der Waals surface area contributed by atoms with Gasteiger partial charge in [-0.2, -0.15) is 13.2 Å². The molecular weight excluding hydrogens is 390 g/mol. The molecule has 1 saturated heterocycles. The van der Waals surface area contributed by atoms with Gasteiger partial charge in [-0.25, -0.2) is 10.9 Å². The van der Waals surface area contributed by atoms with Crippen LogP contribution in [0.2, 0.25) is 10.0 Å². The number of benzene rings is 2. The first-order valence-electron chi connectivity index (χ1n) is 7.68. The number of anilines is 1. The van der Waals surface area contributed by atoms with Gasteiger partial charge in [-0.15, -0.1) is 0 Å². The Morgan fingerprint density at radius 3 is 2.58 bits per heavy atom. The molecule has 1 heterocycles. The molecule has 0 aromatic heterocycles. The quantitative estimate of drug-likeness (QED) is 0.703. The summed E-state index contributed by atoms with van der Waals surface area (Å²) in [7, 11) is 0. The van der Waals surface area contributed by atoms with E-state index in [1.165, 1.54) is 0 Å². The number of hydrazine groups is 1. The second-order valence-corrected chi connectivity index (χ2v) is 6.71. The monoisotopic (exact) mass is 403 g/mol. The van der Waals surface area contributed by atoms with E-state index in [4.69, 9.17) is 23.2 Å². The fourth-order valence-electron chi connectivity index (χ4n) is 2.69. The van der Waals surface area contributed by atoms with Gasteiger partial charge in [0.25, 0.3) is 0 Å². The van der Waals surface area contributed by atoms with Gasteiger partial charge in [0.2, 0.25) is 5.91 Å². The molecule has 2 atom stereocenters. The Morgan fingerprint density at radius 2 is 1.88 bits per heavy atom. The van der Waals surface area contributed by atoms with E-state index < -0.39 is 23.7 Å². The Morgan fingerprint density at radius 1 is 1.12 bits per heavy atom. The maximum absolute atomic E-state index is 12.8. The number of hydrogen-bond acceptors (Lipinski definition) is 3. The first-order chi connectivity index (χ1) is 12.2. The molecule has 4 nitrogen and oxygen atoms in total. The van der Waals surface area contributed by atoms with Gasteiger partial charge in [-0.1, -0.05) is 35.3 Å². The van der Waals surface area contributed by atoms with Crippen molar-refractivity contribution in [3.63, 3.8) is 0 Å². The third kappa shape index (κ3) is 4.29. The molecule has 3 N–H and O–H groups in total. The van der Waals surface area contributed by atoms with E-state index in [9.17, 15) is 18.0 Å². The number of hydrogen-bond donors (Lipinski definition) is 3. The van der Waals surface area contributed by atoms with Crippen LogP contribution in [0, 0.1) is 0 Å². The Bertz CT molecular complexity index is 829. The van der Waals surface area contributed by atoms with Crippen LogP contribution in [0.15, 0.2) is 42.5 Å². The molecule has 1 amide bonds. The van der Waals surface area contributed by atoms with Crippen LogP contribution in [0.1, 0.15) is 23.6 Å². The number of carbonyl (C=O) groups excluding carboxylic acids is 1. The zero-order valence-electron chi connectivity index (χ0n) is 13.2. The standard InChI is InChI=1S/C17H14Cl2F3N3O/c18-11-3-1-2-9(6-11)13-8-15(25-24-13)16(26)23-14-7-10(17(20,21)22)4-5-12(14)19/h1-7,13,15,24-25H,8H2,(H,23,26). The third-order valence-electron chi connectivity index (χ3n) is 4.02. The van der Waals surface area contributed by atoms with Crippen LogP contribution in [0.5, 0.6) is 0 Å². The van der Waals surface area contributed by atoms with Crippen LogP contribution < -0.4 is 16.2 Å². The normalized spacial score (nSPS) is 20.2. The van der Waals surface area contributed by atoms with Crippen molar-refractivity contribution < 1.29 is 18.0 Å². The van der Waals surface area contributed by atoms with E-state index >= 15 is 0 Å². The second kappa shape index (κ2) is 7.44. The minimum Gasteiger partial charge on any atom is -0.323 e. The van der Waals surface area contributed by atoms with E-state index in [2.05, 4.69) is 16.2 Å². The average molecular weight is 404 g/mol. The topological polar surface area (TPSA) is 53.2 Å². The molecular formula is C17H14Cl2F3N3O. The average Bonchev–Trinajstić information content (AvgIpc) is 3.06. The lowest BCUT2D eigenvalue weighted by Crippen LogP contribution is -2.39. The molecule has 0 saturated carbocycles. The van der Waals surface area contributed by atoms with Crippen molar-refractivity contribution in [3.05, 3.63) is 63.6 Å². The Hall–Kier alpha value is -1.80. The van der Waals surface area contributed by atoms with Crippen molar-refractivity contribution >= 4 is 34.8 Å². The summed E-state index contributed by atoms with van der Waals surface area (Å²) in [6, 6.07) is 9.20. The largest absolute Gasteiger partial charge is 0.416 e. The van der Waals surface area contributed by atoms with Crippen molar-refractivity contribution in [2.24, 2.45) is 0 Å². The highest BCUT2D eigenvalue weighted by molar-refractivity contribution is 6.33. The molecule has 138 valence electrons. The fourth-order valence-corrected chi connectivity index (χ4v) is 3.05. The van der Waals surface area contributed by atoms with Crippen molar-refractivity contribution in [2.75, 3.05) is 5.32 Å². The fraction of sp³-hybridized carbons (Fsp3) is 0.235. The molecule has 0 spiro atoms. The molecule has 3 rings (SSSR count). The van der Waals surface area contributed by atoms with Gasteiger partial charge in [-0.05, 0) is 42.3 Å². The van der Waals surface area contributed by atoms with Crippen LogP contribution in [0.25, 0.3) is 0 Å². The minimum atomic E-state index is -4.52. The van der Waals surface area contributed by atoms with Gasteiger partial charge < -0.3 is 5.32 Å². The van der Waals surface area contributed by atoms with Crippen LogP contribution in [0.4, 0.5) is 18.9 Å². The SMILES string of the molecule is O=C(Nc1cc(C(F)(F)F)ccc1Cl)C1CC(c2cccc(Cl)c2)NN1. The maximum atomic E-state index is 12.8. The van der Waals surface area contributed by atoms with E-state index in [0.717, 1.165) is 23.8 Å². The minimum absolute atomic E-state index is 0.0312. The van der Waals surface area contributed by atoms with Crippen molar-refractivity contribution in [1.29, 1.82) is 0 Å². The molecule has 1 aliphatic heterocycles. The lowest BCUT2D eigenvalue weighted by Gasteiger charge is -2.14. The molecule has 26 heavy (non-hydrogen) atoms. The van der Waals surface area contributed by atoms with E-state index in [1.807, 2.05) is 6.07 Å². The first-order valence-corrected chi connectivity index (χ1v) is 8.44. The molecule has 2 aromatic carbocycles. The predicted octanol–water partition coefficient (Wildman–Crippen LogP) is 4.56. The molecule has 2 aromatic rings. The summed E-state index contributed by atoms with van der Waals surface area (Å²) in [5, 5.41) is 3.06. The smallest absolute Gasteiger partial charge is 0.323 e. The van der Waals surface area contributed by atoms with Crippen LogP contribution in [-0.4, -0.2) is 11.9 Å². The van der Waals surface area contributed by atoms with Gasteiger partial charge >= 0.3 is 6.18 Å². The number of alkyl halides is 3. The summed E-state index contributed by atoms with van der Waals surface area (Å²) in [5.41, 5.74) is 5.76. The predicted molar refractivity (Wildman–Crippen MR) is 94.0 cm³/mol. The Balaban J connectivity index is 1.70. The summed E-state index contributed by atoms with van der Waals surface area (Å²) in [6.45, 7) is 0. The third-order valence-corrected chi connectivity index (χ3v) is 4.59. The van der Waals surface area contributed by atoms with E-state index in [-0.39, 0.29) is 16.8 Å². The summed E-state index contributed by atoms with van der Waals surface area (Å²) in [6.07, 6.45) is -4.11. The molecule has 0 aliphatic carbocycles. The molecule has 1 fully saturated rings. The highest BCUT2D eigenvalue weighted by Gasteiger charge is 2.33. The molecule has 0 radical (unpaired) electrons. The van der Waals surface area contributed by atoms with Crippen molar-refractivity contribution in [3.8, 4) is 0 Å². The first kappa shape index (κ1) is 19.0. The molecule has 0 bridgehead atoms.